The molecule has 2 rings (SSSR count). The minimum absolute atomic E-state index is 0.0855. The number of nitrogens with one attached hydrogen (secondary N) is 2. The quantitative estimate of drug-likeness (QED) is 0.545. The number of esters is 1. The number of methoxy groups -OCH3 is 1. The number of ether oxygens (including phenoxy) is 1. The van der Waals surface area contributed by atoms with Gasteiger partial charge in [-0.2, -0.15) is 0 Å². The molecule has 2 aromatic carbocycles. The highest BCUT2D eigenvalue weighted by Crippen LogP contribution is 2.21. The molecule has 2 N–H and O–H groups in total. The molecular weight excluding hydrogens is 396 g/mol. The zero-order valence-corrected chi connectivity index (χ0v) is 17.9. The Morgan fingerprint density at radius 2 is 1.82 bits per heavy atom. The molecule has 0 bridgehead atoms. The van der Waals surface area contributed by atoms with Gasteiger partial charge in [0.05, 0.1) is 23.6 Å². The van der Waals surface area contributed by atoms with Gasteiger partial charge in [-0.05, 0) is 61.0 Å². The Kier molecular flexibility index (Phi) is 7.15. The number of carbonyl (C=O) groups is 1. The average molecular weight is 421 g/mol. The van der Waals surface area contributed by atoms with E-state index < -0.39 is 15.8 Å². The summed E-state index contributed by atoms with van der Waals surface area (Å²) in [7, 11) is -1.89. The van der Waals surface area contributed by atoms with E-state index in [2.05, 4.69) is 10.6 Å². The predicted octanol–water partition coefficient (Wildman–Crippen LogP) is 3.62. The van der Waals surface area contributed by atoms with E-state index in [1.165, 1.54) is 13.4 Å². The van der Waals surface area contributed by atoms with E-state index in [1.54, 1.807) is 36.4 Å². The van der Waals surface area contributed by atoms with Crippen LogP contribution >= 0.6 is 12.2 Å². The number of carbonyl (C=O) groups excluding carboxylic acids is 1. The third kappa shape index (κ3) is 5.53. The van der Waals surface area contributed by atoms with Crippen molar-refractivity contribution in [2.75, 3.05) is 18.7 Å². The van der Waals surface area contributed by atoms with E-state index in [0.717, 1.165) is 17.5 Å². The van der Waals surface area contributed by atoms with E-state index in [0.29, 0.717) is 16.4 Å². The van der Waals surface area contributed by atoms with Crippen LogP contribution in [0.15, 0.2) is 47.4 Å². The van der Waals surface area contributed by atoms with Crippen LogP contribution in [0, 0.1) is 6.92 Å². The molecule has 2 aromatic rings. The number of thiocarbonyl (C=S) groups is 1. The van der Waals surface area contributed by atoms with Crippen molar-refractivity contribution in [3.05, 3.63) is 59.2 Å². The Morgan fingerprint density at radius 1 is 1.18 bits per heavy atom. The molecule has 0 saturated carbocycles. The smallest absolute Gasteiger partial charge is 0.337 e. The Bertz CT molecular complexity index is 970. The fourth-order valence-electron chi connectivity index (χ4n) is 2.69. The number of rotatable bonds is 6. The fraction of sp³-hybridized carbons (Fsp3) is 0.300. The third-order valence-electron chi connectivity index (χ3n) is 4.33. The normalized spacial score (nSPS) is 12.1. The average Bonchev–Trinajstić information content (AvgIpc) is 2.66. The van der Waals surface area contributed by atoms with Crippen molar-refractivity contribution in [3.63, 3.8) is 0 Å². The summed E-state index contributed by atoms with van der Waals surface area (Å²) < 4.78 is 28.0. The molecule has 0 aliphatic heterocycles. The van der Waals surface area contributed by atoms with Crippen molar-refractivity contribution in [2.45, 2.75) is 31.2 Å². The highest BCUT2D eigenvalue weighted by atomic mass is 32.2. The molecule has 0 aliphatic rings. The van der Waals surface area contributed by atoms with Gasteiger partial charge in [0.25, 0.3) is 0 Å². The zero-order chi connectivity index (χ0) is 20.9. The topological polar surface area (TPSA) is 84.5 Å². The number of benzene rings is 2. The van der Waals surface area contributed by atoms with E-state index in [9.17, 15) is 13.2 Å². The lowest BCUT2D eigenvalue weighted by atomic mass is 10.1. The SMILES string of the molecule is CCC(NC(=S)Nc1cc(C(=O)OC)ccc1C)c1ccc(S(C)(=O)=O)cc1. The predicted molar refractivity (Wildman–Crippen MR) is 114 cm³/mol. The molecule has 28 heavy (non-hydrogen) atoms. The van der Waals surface area contributed by atoms with E-state index in [-0.39, 0.29) is 10.9 Å². The molecule has 0 amide bonds. The van der Waals surface area contributed by atoms with Crippen LogP contribution in [0.4, 0.5) is 5.69 Å². The van der Waals surface area contributed by atoms with Crippen LogP contribution in [0.2, 0.25) is 0 Å². The summed E-state index contributed by atoms with van der Waals surface area (Å²) in [5.74, 6) is -0.417. The number of anilines is 1. The minimum atomic E-state index is -3.23. The van der Waals surface area contributed by atoms with Crippen LogP contribution in [-0.2, 0) is 14.6 Å². The second kappa shape index (κ2) is 9.16. The first kappa shape index (κ1) is 21.8. The van der Waals surface area contributed by atoms with Gasteiger partial charge in [0, 0.05) is 11.9 Å². The Balaban J connectivity index is 2.13. The maximum atomic E-state index is 11.7. The summed E-state index contributed by atoms with van der Waals surface area (Å²) in [6.45, 7) is 3.92. The largest absolute Gasteiger partial charge is 0.465 e. The molecule has 1 unspecified atom stereocenters. The minimum Gasteiger partial charge on any atom is -0.465 e. The summed E-state index contributed by atoms with van der Waals surface area (Å²) in [4.78, 5) is 12.0. The molecule has 0 aliphatic carbocycles. The number of hydrogen-bond acceptors (Lipinski definition) is 5. The van der Waals surface area contributed by atoms with Crippen molar-refractivity contribution < 1.29 is 17.9 Å². The lowest BCUT2D eigenvalue weighted by molar-refractivity contribution is 0.0601. The molecule has 1 atom stereocenters. The summed E-state index contributed by atoms with van der Waals surface area (Å²) >= 11 is 5.43. The highest BCUT2D eigenvalue weighted by Gasteiger charge is 2.14. The van der Waals surface area contributed by atoms with Crippen molar-refractivity contribution >= 4 is 38.8 Å². The van der Waals surface area contributed by atoms with Crippen molar-refractivity contribution in [3.8, 4) is 0 Å². The van der Waals surface area contributed by atoms with Crippen LogP contribution in [0.3, 0.4) is 0 Å². The molecule has 6 nitrogen and oxygen atoms in total. The van der Waals surface area contributed by atoms with Gasteiger partial charge in [0.15, 0.2) is 14.9 Å². The van der Waals surface area contributed by atoms with Gasteiger partial charge in [-0.25, -0.2) is 13.2 Å². The molecule has 0 aromatic heterocycles. The summed E-state index contributed by atoms with van der Waals surface area (Å²) in [6.07, 6.45) is 1.93. The lowest BCUT2D eigenvalue weighted by Crippen LogP contribution is -2.32. The van der Waals surface area contributed by atoms with Crippen LogP contribution in [0.25, 0.3) is 0 Å². The molecular formula is C20H24N2O4S2. The van der Waals surface area contributed by atoms with Crippen LogP contribution in [0.5, 0.6) is 0 Å². The van der Waals surface area contributed by atoms with E-state index in [1.807, 2.05) is 19.9 Å². The number of aryl methyl sites for hydroxylation is 1. The van der Waals surface area contributed by atoms with Crippen LogP contribution < -0.4 is 10.6 Å². The third-order valence-corrected chi connectivity index (χ3v) is 5.68. The number of hydrogen-bond donors (Lipinski definition) is 2. The second-order valence-electron chi connectivity index (χ2n) is 6.42. The van der Waals surface area contributed by atoms with E-state index >= 15 is 0 Å². The van der Waals surface area contributed by atoms with Crippen molar-refractivity contribution in [1.29, 1.82) is 0 Å². The van der Waals surface area contributed by atoms with Crippen molar-refractivity contribution in [2.24, 2.45) is 0 Å². The Hall–Kier alpha value is -2.45. The van der Waals surface area contributed by atoms with Gasteiger partial charge in [-0.15, -0.1) is 0 Å². The second-order valence-corrected chi connectivity index (χ2v) is 8.85. The van der Waals surface area contributed by atoms with Gasteiger partial charge in [0.2, 0.25) is 0 Å². The molecule has 0 saturated heterocycles. The first-order valence-electron chi connectivity index (χ1n) is 8.72. The van der Waals surface area contributed by atoms with E-state index in [4.69, 9.17) is 17.0 Å². The van der Waals surface area contributed by atoms with Gasteiger partial charge < -0.3 is 15.4 Å². The number of sulfone groups is 1. The first-order valence-corrected chi connectivity index (χ1v) is 11.0. The maximum absolute atomic E-state index is 11.7. The monoisotopic (exact) mass is 420 g/mol. The molecule has 150 valence electrons. The Labute approximate surface area is 171 Å². The summed E-state index contributed by atoms with van der Waals surface area (Å²) in [6, 6.07) is 11.9. The summed E-state index contributed by atoms with van der Waals surface area (Å²) in [5, 5.41) is 6.76. The fourth-order valence-corrected chi connectivity index (χ4v) is 3.57. The standard InChI is InChI=1S/C20H24N2O4S2/c1-5-17(14-8-10-16(11-9-14)28(4,24)25)21-20(27)22-18-12-15(19(23)26-3)7-6-13(18)2/h6-12,17H,5H2,1-4H3,(H2,21,22,27). The molecule has 0 heterocycles. The zero-order valence-electron chi connectivity index (χ0n) is 16.3. The summed E-state index contributed by atoms with van der Waals surface area (Å²) in [5.41, 5.74) is 3.01. The maximum Gasteiger partial charge on any atom is 0.337 e. The molecule has 0 radical (unpaired) electrons. The van der Waals surface area contributed by atoms with Crippen molar-refractivity contribution in [1.82, 2.24) is 5.32 Å². The van der Waals surface area contributed by atoms with Gasteiger partial charge >= 0.3 is 5.97 Å². The molecule has 0 fully saturated rings. The first-order chi connectivity index (χ1) is 13.2. The van der Waals surface area contributed by atoms with Crippen LogP contribution in [0.1, 0.15) is 40.9 Å². The molecule has 0 spiro atoms. The lowest BCUT2D eigenvalue weighted by Gasteiger charge is -2.21. The molecule has 8 heteroatoms. The highest BCUT2D eigenvalue weighted by molar-refractivity contribution is 7.90. The Morgan fingerprint density at radius 3 is 2.36 bits per heavy atom. The van der Waals surface area contributed by atoms with Gasteiger partial charge in [-0.3, -0.25) is 0 Å². The van der Waals surface area contributed by atoms with Gasteiger partial charge in [-0.1, -0.05) is 25.1 Å². The van der Waals surface area contributed by atoms with Gasteiger partial charge in [0.1, 0.15) is 0 Å². The van der Waals surface area contributed by atoms with Crippen LogP contribution in [-0.4, -0.2) is 32.9 Å².